The number of hydrogen-bond donors (Lipinski definition) is 1. The van der Waals surface area contributed by atoms with Gasteiger partial charge in [0.15, 0.2) is 0 Å². The molecule has 0 bridgehead atoms. The van der Waals surface area contributed by atoms with Gasteiger partial charge in [0.2, 0.25) is 5.13 Å². The number of benzene rings is 1. The summed E-state index contributed by atoms with van der Waals surface area (Å²) in [6.07, 6.45) is 3.36. The van der Waals surface area contributed by atoms with Gasteiger partial charge in [-0.25, -0.2) is 14.5 Å². The molecular formula is C13H9N3O2S. The van der Waals surface area contributed by atoms with Gasteiger partial charge < -0.3 is 5.11 Å². The minimum Gasteiger partial charge on any atom is -0.477 e. The largest absolute Gasteiger partial charge is 0.477 e. The van der Waals surface area contributed by atoms with Crippen molar-refractivity contribution in [3.8, 4) is 16.4 Å². The Hall–Kier alpha value is -2.47. The topological polar surface area (TPSA) is 68.0 Å². The summed E-state index contributed by atoms with van der Waals surface area (Å²) in [7, 11) is 0. The summed E-state index contributed by atoms with van der Waals surface area (Å²) < 4.78 is 1.56. The van der Waals surface area contributed by atoms with Crippen LogP contribution in [0.1, 0.15) is 9.67 Å². The van der Waals surface area contributed by atoms with E-state index in [-0.39, 0.29) is 4.88 Å². The molecule has 0 aliphatic heterocycles. The van der Waals surface area contributed by atoms with Crippen molar-refractivity contribution >= 4 is 17.3 Å². The maximum Gasteiger partial charge on any atom is 0.348 e. The molecule has 3 aromatic rings. The number of carbonyl (C=O) groups is 1. The Balaban J connectivity index is 2.16. The smallest absolute Gasteiger partial charge is 0.348 e. The molecule has 0 aliphatic rings. The van der Waals surface area contributed by atoms with Crippen molar-refractivity contribution in [2.24, 2.45) is 0 Å². The first-order chi connectivity index (χ1) is 9.25. The number of rotatable bonds is 3. The Morgan fingerprint density at radius 1 is 1.21 bits per heavy atom. The third-order valence-electron chi connectivity index (χ3n) is 2.56. The van der Waals surface area contributed by atoms with Crippen molar-refractivity contribution in [2.75, 3.05) is 0 Å². The molecule has 3 rings (SSSR count). The second kappa shape index (κ2) is 4.66. The number of carboxylic acid groups (broad SMARTS) is 1. The van der Waals surface area contributed by atoms with Crippen LogP contribution >= 0.6 is 11.3 Å². The predicted molar refractivity (Wildman–Crippen MR) is 71.6 cm³/mol. The lowest BCUT2D eigenvalue weighted by atomic mass is 10.1. The van der Waals surface area contributed by atoms with Crippen LogP contribution in [0.5, 0.6) is 0 Å². The molecule has 0 radical (unpaired) electrons. The summed E-state index contributed by atoms with van der Waals surface area (Å²) in [5, 5.41) is 13.9. The number of nitrogens with zero attached hydrogens (tertiary/aromatic N) is 3. The fraction of sp³-hybridized carbons (Fsp3) is 0. The van der Waals surface area contributed by atoms with Gasteiger partial charge in [-0.15, -0.1) is 0 Å². The zero-order valence-corrected chi connectivity index (χ0v) is 10.5. The van der Waals surface area contributed by atoms with Gasteiger partial charge in [0.1, 0.15) is 4.88 Å². The van der Waals surface area contributed by atoms with Crippen LogP contribution in [-0.4, -0.2) is 25.8 Å². The van der Waals surface area contributed by atoms with Crippen LogP contribution in [0.4, 0.5) is 0 Å². The number of carboxylic acids is 1. The van der Waals surface area contributed by atoms with Crippen molar-refractivity contribution in [1.82, 2.24) is 14.8 Å². The molecule has 1 aromatic carbocycles. The number of hydrogen-bond acceptors (Lipinski definition) is 4. The van der Waals surface area contributed by atoms with Gasteiger partial charge in [-0.05, 0) is 6.07 Å². The van der Waals surface area contributed by atoms with E-state index in [1.54, 1.807) is 23.1 Å². The van der Waals surface area contributed by atoms with Crippen molar-refractivity contribution in [3.05, 3.63) is 53.7 Å². The molecule has 0 amide bonds. The van der Waals surface area contributed by atoms with Crippen LogP contribution < -0.4 is 0 Å². The van der Waals surface area contributed by atoms with Crippen LogP contribution in [0.15, 0.2) is 48.8 Å². The van der Waals surface area contributed by atoms with Gasteiger partial charge in [-0.2, -0.15) is 5.10 Å². The van der Waals surface area contributed by atoms with Gasteiger partial charge in [0.25, 0.3) is 0 Å². The van der Waals surface area contributed by atoms with E-state index in [2.05, 4.69) is 10.1 Å². The minimum atomic E-state index is -0.977. The zero-order valence-electron chi connectivity index (χ0n) is 9.72. The normalized spacial score (nSPS) is 10.5. The molecular weight excluding hydrogens is 262 g/mol. The quantitative estimate of drug-likeness (QED) is 0.795. The molecule has 0 spiro atoms. The second-order valence-electron chi connectivity index (χ2n) is 3.80. The first kappa shape index (κ1) is 11.6. The Bertz CT molecular complexity index is 705. The molecule has 1 N–H and O–H groups in total. The predicted octanol–water partition coefficient (Wildman–Crippen LogP) is 2.69. The van der Waals surface area contributed by atoms with Crippen LogP contribution in [-0.2, 0) is 0 Å². The first-order valence-electron chi connectivity index (χ1n) is 5.55. The summed E-state index contributed by atoms with van der Waals surface area (Å²) in [6.45, 7) is 0. The molecule has 0 saturated heterocycles. The van der Waals surface area contributed by atoms with Gasteiger partial charge in [-0.1, -0.05) is 41.7 Å². The lowest BCUT2D eigenvalue weighted by Crippen LogP contribution is -1.95. The Morgan fingerprint density at radius 3 is 2.63 bits per heavy atom. The van der Waals surface area contributed by atoms with Crippen LogP contribution in [0.2, 0.25) is 0 Å². The van der Waals surface area contributed by atoms with Crippen LogP contribution in [0.3, 0.4) is 0 Å². The highest BCUT2D eigenvalue weighted by Gasteiger charge is 2.19. The Kier molecular flexibility index (Phi) is 2.85. The average Bonchev–Trinajstić information content (AvgIpc) is 3.08. The summed E-state index contributed by atoms with van der Waals surface area (Å²) >= 11 is 1.11. The number of aromatic nitrogens is 3. The molecule has 0 fully saturated rings. The fourth-order valence-electron chi connectivity index (χ4n) is 1.73. The number of aromatic carboxylic acids is 1. The second-order valence-corrected chi connectivity index (χ2v) is 4.77. The van der Waals surface area contributed by atoms with Gasteiger partial charge in [-0.3, -0.25) is 0 Å². The average molecular weight is 271 g/mol. The van der Waals surface area contributed by atoms with E-state index in [0.29, 0.717) is 10.8 Å². The van der Waals surface area contributed by atoms with E-state index in [1.165, 1.54) is 0 Å². The maximum atomic E-state index is 11.3. The Labute approximate surface area is 112 Å². The van der Waals surface area contributed by atoms with E-state index in [1.807, 2.05) is 30.3 Å². The minimum absolute atomic E-state index is 0.219. The lowest BCUT2D eigenvalue weighted by molar-refractivity contribution is 0.0702. The molecule has 6 heteroatoms. The third kappa shape index (κ3) is 2.13. The van der Waals surface area contributed by atoms with Crippen LogP contribution in [0, 0.1) is 0 Å². The standard InChI is InChI=1S/C13H9N3O2S/c17-12(18)11-10(9-5-2-1-3-6-9)15-13(19-11)16-8-4-7-14-16/h1-8H,(H,17,18). The van der Waals surface area contributed by atoms with Crippen molar-refractivity contribution in [3.63, 3.8) is 0 Å². The number of thiazole rings is 1. The molecule has 0 atom stereocenters. The van der Waals surface area contributed by atoms with Crippen molar-refractivity contribution in [2.45, 2.75) is 0 Å². The van der Waals surface area contributed by atoms with Crippen molar-refractivity contribution in [1.29, 1.82) is 0 Å². The van der Waals surface area contributed by atoms with E-state index < -0.39 is 5.97 Å². The molecule has 0 aliphatic carbocycles. The van der Waals surface area contributed by atoms with Gasteiger partial charge >= 0.3 is 5.97 Å². The lowest BCUT2D eigenvalue weighted by Gasteiger charge is -1.97. The van der Waals surface area contributed by atoms with E-state index in [0.717, 1.165) is 16.9 Å². The maximum absolute atomic E-state index is 11.3. The molecule has 2 aromatic heterocycles. The van der Waals surface area contributed by atoms with Crippen molar-refractivity contribution < 1.29 is 9.90 Å². The summed E-state index contributed by atoms with van der Waals surface area (Å²) in [4.78, 5) is 15.9. The molecule has 94 valence electrons. The highest BCUT2D eigenvalue weighted by molar-refractivity contribution is 7.16. The van der Waals surface area contributed by atoms with Gasteiger partial charge in [0, 0.05) is 18.0 Å². The zero-order chi connectivity index (χ0) is 13.2. The highest BCUT2D eigenvalue weighted by Crippen LogP contribution is 2.29. The fourth-order valence-corrected chi connectivity index (χ4v) is 2.59. The first-order valence-corrected chi connectivity index (χ1v) is 6.37. The summed E-state index contributed by atoms with van der Waals surface area (Å²) in [5.41, 5.74) is 1.26. The summed E-state index contributed by atoms with van der Waals surface area (Å²) in [6, 6.07) is 11.0. The molecule has 5 nitrogen and oxygen atoms in total. The van der Waals surface area contributed by atoms with E-state index in [4.69, 9.17) is 0 Å². The molecule has 2 heterocycles. The monoisotopic (exact) mass is 271 g/mol. The molecule has 19 heavy (non-hydrogen) atoms. The van der Waals surface area contributed by atoms with E-state index >= 15 is 0 Å². The molecule has 0 saturated carbocycles. The van der Waals surface area contributed by atoms with E-state index in [9.17, 15) is 9.90 Å². The highest BCUT2D eigenvalue weighted by atomic mass is 32.1. The third-order valence-corrected chi connectivity index (χ3v) is 3.59. The van der Waals surface area contributed by atoms with Gasteiger partial charge in [0.05, 0.1) is 5.69 Å². The molecule has 0 unspecified atom stereocenters. The SMILES string of the molecule is O=C(O)c1sc(-n2cccn2)nc1-c1ccccc1. The Morgan fingerprint density at radius 2 is 2.00 bits per heavy atom. The van der Waals surface area contributed by atoms with Crippen LogP contribution in [0.25, 0.3) is 16.4 Å². The summed E-state index contributed by atoms with van der Waals surface area (Å²) in [5.74, 6) is -0.977.